The minimum atomic E-state index is -4.28. The molecule has 0 aliphatic rings. The van der Waals surface area contributed by atoms with E-state index in [4.69, 9.17) is 4.74 Å². The average Bonchev–Trinajstić information content (AvgIpc) is 3.25. The lowest BCUT2D eigenvalue weighted by molar-refractivity contribution is -0.385. The number of fused-ring (bicyclic) bond motifs is 1. The fourth-order valence-corrected chi connectivity index (χ4v) is 5.78. The molecule has 0 bridgehead atoms. The number of ether oxygens (including phenoxy) is 1. The van der Waals surface area contributed by atoms with E-state index in [0.29, 0.717) is 5.75 Å². The summed E-state index contributed by atoms with van der Waals surface area (Å²) >= 11 is 0. The maximum absolute atomic E-state index is 13.4. The van der Waals surface area contributed by atoms with Gasteiger partial charge in [-0.15, -0.1) is 0 Å². The Labute approximate surface area is 230 Å². The first-order chi connectivity index (χ1) is 19.3. The van der Waals surface area contributed by atoms with Gasteiger partial charge >= 0.3 is 0 Å². The number of anilines is 2. The second-order valence-electron chi connectivity index (χ2n) is 8.82. The van der Waals surface area contributed by atoms with Crippen LogP contribution in [0.25, 0.3) is 22.2 Å². The standard InChI is InChI=1S/C29H25N5O5S/c1-33-26-14-8-6-12-22(26)23(29(33)20-10-4-3-5-11-20)19-30-31-25-17-16-21(34(35)36)18-28(25)40(37,38)32-24-13-7-9-15-27(24)39-2/h3-19,31-32H,1-2H3/b30-19-. The zero-order chi connectivity index (χ0) is 28.3. The van der Waals surface area contributed by atoms with Crippen LogP contribution < -0.4 is 14.9 Å². The van der Waals surface area contributed by atoms with E-state index in [1.165, 1.54) is 25.3 Å². The highest BCUT2D eigenvalue weighted by Crippen LogP contribution is 2.33. The molecule has 0 amide bonds. The first-order valence-electron chi connectivity index (χ1n) is 12.2. The molecule has 0 saturated carbocycles. The zero-order valence-electron chi connectivity index (χ0n) is 21.6. The van der Waals surface area contributed by atoms with Crippen LogP contribution in [0.4, 0.5) is 17.1 Å². The van der Waals surface area contributed by atoms with Crippen molar-refractivity contribution in [2.45, 2.75) is 4.90 Å². The molecule has 1 aromatic heterocycles. The highest BCUT2D eigenvalue weighted by atomic mass is 32.2. The molecule has 0 spiro atoms. The Balaban J connectivity index is 1.55. The summed E-state index contributed by atoms with van der Waals surface area (Å²) in [4.78, 5) is 10.5. The Kier molecular flexibility index (Phi) is 7.21. The van der Waals surface area contributed by atoms with E-state index in [1.807, 2.05) is 61.6 Å². The van der Waals surface area contributed by atoms with Gasteiger partial charge in [0.05, 0.1) is 35.3 Å². The molecule has 202 valence electrons. The lowest BCUT2D eigenvalue weighted by Crippen LogP contribution is -2.15. The van der Waals surface area contributed by atoms with E-state index in [9.17, 15) is 18.5 Å². The van der Waals surface area contributed by atoms with Crippen molar-refractivity contribution in [2.75, 3.05) is 17.3 Å². The van der Waals surface area contributed by atoms with E-state index >= 15 is 0 Å². The van der Waals surface area contributed by atoms with Gasteiger partial charge in [0.15, 0.2) is 0 Å². The van der Waals surface area contributed by atoms with Gasteiger partial charge < -0.3 is 9.30 Å². The molecule has 11 heteroatoms. The number of aryl methyl sites for hydroxylation is 1. The molecule has 0 aliphatic carbocycles. The van der Waals surface area contributed by atoms with Gasteiger partial charge in [0.1, 0.15) is 10.6 Å². The lowest BCUT2D eigenvalue weighted by atomic mass is 10.1. The number of nitro benzene ring substituents is 1. The van der Waals surface area contributed by atoms with Crippen LogP contribution in [-0.4, -0.2) is 31.2 Å². The topological polar surface area (TPSA) is 128 Å². The Morgan fingerprint density at radius 3 is 2.38 bits per heavy atom. The van der Waals surface area contributed by atoms with E-state index in [2.05, 4.69) is 19.8 Å². The van der Waals surface area contributed by atoms with Crippen molar-refractivity contribution in [1.29, 1.82) is 0 Å². The van der Waals surface area contributed by atoms with Crippen LogP contribution in [-0.2, 0) is 17.1 Å². The lowest BCUT2D eigenvalue weighted by Gasteiger charge is -2.14. The molecule has 0 unspecified atom stereocenters. The molecule has 1 heterocycles. The monoisotopic (exact) mass is 555 g/mol. The molecular formula is C29H25N5O5S. The maximum Gasteiger partial charge on any atom is 0.270 e. The minimum absolute atomic E-state index is 0.0609. The second-order valence-corrected chi connectivity index (χ2v) is 10.5. The molecular weight excluding hydrogens is 530 g/mol. The molecule has 2 N–H and O–H groups in total. The fourth-order valence-electron chi connectivity index (χ4n) is 4.53. The Bertz CT molecular complexity index is 1850. The molecule has 5 rings (SSSR count). The van der Waals surface area contributed by atoms with Crippen molar-refractivity contribution in [3.63, 3.8) is 0 Å². The molecule has 5 aromatic rings. The summed E-state index contributed by atoms with van der Waals surface area (Å²) in [6.45, 7) is 0. The number of sulfonamides is 1. The molecule has 40 heavy (non-hydrogen) atoms. The van der Waals surface area contributed by atoms with Crippen LogP contribution >= 0.6 is 0 Å². The highest BCUT2D eigenvalue weighted by Gasteiger charge is 2.24. The van der Waals surface area contributed by atoms with Gasteiger partial charge in [-0.05, 0) is 29.8 Å². The summed E-state index contributed by atoms with van der Waals surface area (Å²) in [6.07, 6.45) is 1.62. The third-order valence-electron chi connectivity index (χ3n) is 6.39. The summed E-state index contributed by atoms with van der Waals surface area (Å²) in [7, 11) is -0.896. The first kappa shape index (κ1) is 26.4. The van der Waals surface area contributed by atoms with Crippen molar-refractivity contribution < 1.29 is 18.1 Å². The largest absolute Gasteiger partial charge is 0.495 e. The van der Waals surface area contributed by atoms with Gasteiger partial charge in [-0.3, -0.25) is 20.3 Å². The van der Waals surface area contributed by atoms with Gasteiger partial charge in [0.25, 0.3) is 15.7 Å². The van der Waals surface area contributed by atoms with Crippen molar-refractivity contribution in [3.8, 4) is 17.0 Å². The summed E-state index contributed by atoms with van der Waals surface area (Å²) in [5.41, 5.74) is 6.41. The number of rotatable bonds is 9. The highest BCUT2D eigenvalue weighted by molar-refractivity contribution is 7.93. The van der Waals surface area contributed by atoms with Crippen molar-refractivity contribution >= 4 is 44.2 Å². The zero-order valence-corrected chi connectivity index (χ0v) is 22.4. The van der Waals surface area contributed by atoms with Crippen molar-refractivity contribution in [3.05, 3.63) is 113 Å². The molecule has 0 aliphatic heterocycles. The van der Waals surface area contributed by atoms with Crippen LogP contribution in [0.5, 0.6) is 5.75 Å². The van der Waals surface area contributed by atoms with E-state index < -0.39 is 14.9 Å². The normalized spacial score (nSPS) is 11.6. The van der Waals surface area contributed by atoms with Gasteiger partial charge in [-0.25, -0.2) is 8.42 Å². The fraction of sp³-hybridized carbons (Fsp3) is 0.0690. The number of nitrogens with one attached hydrogen (secondary N) is 2. The van der Waals surface area contributed by atoms with Crippen LogP contribution in [0, 0.1) is 10.1 Å². The Hall–Kier alpha value is -5.16. The van der Waals surface area contributed by atoms with Gasteiger partial charge in [-0.1, -0.05) is 60.7 Å². The van der Waals surface area contributed by atoms with Crippen LogP contribution in [0.3, 0.4) is 0 Å². The first-order valence-corrected chi connectivity index (χ1v) is 13.6. The number of aromatic nitrogens is 1. The molecule has 10 nitrogen and oxygen atoms in total. The molecule has 4 aromatic carbocycles. The number of hydrogen-bond donors (Lipinski definition) is 2. The number of non-ortho nitro benzene ring substituents is 1. The number of methoxy groups -OCH3 is 1. The van der Waals surface area contributed by atoms with Gasteiger partial charge in [-0.2, -0.15) is 5.10 Å². The summed E-state index contributed by atoms with van der Waals surface area (Å²) in [6, 6.07) is 27.7. The number of hydrazone groups is 1. The number of para-hydroxylation sites is 3. The Morgan fingerprint density at radius 1 is 0.925 bits per heavy atom. The minimum Gasteiger partial charge on any atom is -0.495 e. The van der Waals surface area contributed by atoms with Crippen molar-refractivity contribution in [1.82, 2.24) is 4.57 Å². The van der Waals surface area contributed by atoms with E-state index in [0.717, 1.165) is 33.8 Å². The van der Waals surface area contributed by atoms with Crippen molar-refractivity contribution in [2.24, 2.45) is 12.1 Å². The summed E-state index contributed by atoms with van der Waals surface area (Å²) in [5, 5.41) is 16.8. The molecule has 0 radical (unpaired) electrons. The smallest absolute Gasteiger partial charge is 0.270 e. The third kappa shape index (κ3) is 5.09. The molecule has 0 saturated heterocycles. The second kappa shape index (κ2) is 10.9. The quantitative estimate of drug-likeness (QED) is 0.130. The number of nitro groups is 1. The molecule has 0 fully saturated rings. The van der Waals surface area contributed by atoms with E-state index in [-0.39, 0.29) is 22.0 Å². The van der Waals surface area contributed by atoms with Gasteiger partial charge in [0.2, 0.25) is 0 Å². The maximum atomic E-state index is 13.4. The number of nitrogens with zero attached hydrogens (tertiary/aromatic N) is 3. The number of hydrogen-bond acceptors (Lipinski definition) is 7. The van der Waals surface area contributed by atoms with Crippen LogP contribution in [0.1, 0.15) is 5.56 Å². The SMILES string of the molecule is COc1ccccc1NS(=O)(=O)c1cc([N+](=O)[O-])ccc1N/N=C\c1c(-c2ccccc2)n(C)c2ccccc12. The Morgan fingerprint density at radius 2 is 1.62 bits per heavy atom. The predicted octanol–water partition coefficient (Wildman–Crippen LogP) is 6.01. The van der Waals surface area contributed by atoms with Crippen LogP contribution in [0.15, 0.2) is 107 Å². The molecule has 0 atom stereocenters. The summed E-state index contributed by atoms with van der Waals surface area (Å²) < 4.78 is 36.6. The van der Waals surface area contributed by atoms with Crippen LogP contribution in [0.2, 0.25) is 0 Å². The van der Waals surface area contributed by atoms with Gasteiger partial charge in [0, 0.05) is 35.6 Å². The average molecular weight is 556 g/mol. The predicted molar refractivity (Wildman–Crippen MR) is 156 cm³/mol. The van der Waals surface area contributed by atoms with E-state index in [1.54, 1.807) is 24.4 Å². The third-order valence-corrected chi connectivity index (χ3v) is 7.79. The summed E-state index contributed by atoms with van der Waals surface area (Å²) in [5.74, 6) is 0.299. The number of benzene rings is 4.